The molecular weight excluding hydrogens is 288 g/mol. The van der Waals surface area contributed by atoms with Crippen LogP contribution in [0.2, 0.25) is 0 Å². The van der Waals surface area contributed by atoms with Crippen LogP contribution in [0.25, 0.3) is 11.0 Å². The van der Waals surface area contributed by atoms with E-state index < -0.39 is 0 Å². The molecule has 3 N–H and O–H groups in total. The molecule has 3 heterocycles. The summed E-state index contributed by atoms with van der Waals surface area (Å²) in [5.74, 6) is -0.136. The Morgan fingerprint density at radius 2 is 2.23 bits per heavy atom. The molecule has 2 aromatic heterocycles. The lowest BCUT2D eigenvalue weighted by atomic mass is 10.3. The van der Waals surface area contributed by atoms with Gasteiger partial charge in [-0.1, -0.05) is 0 Å². The van der Waals surface area contributed by atoms with Gasteiger partial charge in [-0.05, 0) is 6.07 Å². The molecule has 0 aliphatic carbocycles. The van der Waals surface area contributed by atoms with E-state index in [0.717, 1.165) is 0 Å². The number of nitrogens with one attached hydrogen (secondary N) is 3. The van der Waals surface area contributed by atoms with E-state index in [1.54, 1.807) is 12.3 Å². The van der Waals surface area contributed by atoms with Crippen molar-refractivity contribution in [2.24, 2.45) is 0 Å². The predicted octanol–water partition coefficient (Wildman–Crippen LogP) is -1.31. The number of nitrogens with zero attached hydrogens (tertiary/aromatic N) is 3. The zero-order valence-corrected chi connectivity index (χ0v) is 11.6. The molecule has 0 atom stereocenters. The Bertz CT molecular complexity index is 787. The Morgan fingerprint density at radius 1 is 1.36 bits per heavy atom. The molecule has 1 aliphatic rings. The van der Waals surface area contributed by atoms with Crippen molar-refractivity contribution in [2.75, 3.05) is 31.5 Å². The van der Waals surface area contributed by atoms with Crippen LogP contribution in [0.1, 0.15) is 0 Å². The van der Waals surface area contributed by atoms with E-state index in [0.29, 0.717) is 24.1 Å². The second kappa shape index (κ2) is 5.80. The van der Waals surface area contributed by atoms with Gasteiger partial charge in [0.1, 0.15) is 5.65 Å². The van der Waals surface area contributed by atoms with Crippen molar-refractivity contribution in [3.63, 3.8) is 0 Å². The maximum Gasteiger partial charge on any atom is 0.249 e. The van der Waals surface area contributed by atoms with E-state index in [9.17, 15) is 14.4 Å². The Morgan fingerprint density at radius 3 is 3.05 bits per heavy atom. The molecule has 9 nitrogen and oxygen atoms in total. The van der Waals surface area contributed by atoms with Crippen LogP contribution < -0.4 is 16.2 Å². The van der Waals surface area contributed by atoms with E-state index in [4.69, 9.17) is 0 Å². The normalized spacial score (nSPS) is 14.7. The standard InChI is InChI=1S/C13H14N6O3/c20-9-2-1-8-5-15-13(18-12(8)17-9)16-6-11(22)19-4-3-14-10(21)7-19/h1-2,5H,3-4,6-7H2,(H,14,21)(H2,15,16,17,18,20). The summed E-state index contributed by atoms with van der Waals surface area (Å²) in [6.07, 6.45) is 1.55. The first-order valence-corrected chi connectivity index (χ1v) is 6.76. The highest BCUT2D eigenvalue weighted by molar-refractivity contribution is 5.87. The van der Waals surface area contributed by atoms with Crippen LogP contribution in [-0.4, -0.2) is 57.8 Å². The largest absolute Gasteiger partial charge is 0.353 e. The first-order chi connectivity index (χ1) is 10.6. The van der Waals surface area contributed by atoms with Crippen molar-refractivity contribution in [2.45, 2.75) is 0 Å². The number of hydrogen-bond acceptors (Lipinski definition) is 6. The van der Waals surface area contributed by atoms with Gasteiger partial charge < -0.3 is 20.5 Å². The van der Waals surface area contributed by atoms with E-state index in [1.807, 2.05) is 0 Å². The van der Waals surface area contributed by atoms with Gasteiger partial charge in [0.15, 0.2) is 0 Å². The number of hydrogen-bond donors (Lipinski definition) is 3. The molecule has 114 valence electrons. The van der Waals surface area contributed by atoms with Gasteiger partial charge >= 0.3 is 0 Å². The summed E-state index contributed by atoms with van der Waals surface area (Å²) in [5.41, 5.74) is 0.141. The Kier molecular flexibility index (Phi) is 3.69. The van der Waals surface area contributed by atoms with Crippen molar-refractivity contribution >= 4 is 28.8 Å². The number of piperazine rings is 1. The van der Waals surface area contributed by atoms with E-state index in [-0.39, 0.29) is 36.4 Å². The van der Waals surface area contributed by atoms with Crippen LogP contribution in [0.5, 0.6) is 0 Å². The number of pyridine rings is 1. The molecule has 1 aliphatic heterocycles. The van der Waals surface area contributed by atoms with E-state index in [1.165, 1.54) is 11.0 Å². The smallest absolute Gasteiger partial charge is 0.249 e. The lowest BCUT2D eigenvalue weighted by Crippen LogP contribution is -2.51. The number of aromatic nitrogens is 3. The zero-order chi connectivity index (χ0) is 15.5. The second-order valence-electron chi connectivity index (χ2n) is 4.84. The maximum atomic E-state index is 12.0. The lowest BCUT2D eigenvalue weighted by Gasteiger charge is -2.26. The molecule has 0 bridgehead atoms. The molecule has 0 unspecified atom stereocenters. The fourth-order valence-corrected chi connectivity index (χ4v) is 2.14. The average molecular weight is 302 g/mol. The number of fused-ring (bicyclic) bond motifs is 1. The third kappa shape index (κ3) is 3.03. The number of carbonyl (C=O) groups excluding carboxylic acids is 2. The topological polar surface area (TPSA) is 120 Å². The molecule has 0 aromatic carbocycles. The van der Waals surface area contributed by atoms with Crippen molar-refractivity contribution in [1.82, 2.24) is 25.2 Å². The van der Waals surface area contributed by atoms with Gasteiger partial charge in [0.2, 0.25) is 23.3 Å². The fourth-order valence-electron chi connectivity index (χ4n) is 2.14. The zero-order valence-electron chi connectivity index (χ0n) is 11.6. The van der Waals surface area contributed by atoms with Crippen molar-refractivity contribution in [3.05, 3.63) is 28.7 Å². The Labute approximate surface area is 124 Å². The number of aromatic amines is 1. The molecule has 22 heavy (non-hydrogen) atoms. The molecule has 2 amide bonds. The summed E-state index contributed by atoms with van der Waals surface area (Å²) in [4.78, 5) is 46.8. The molecule has 1 fully saturated rings. The molecule has 0 saturated carbocycles. The van der Waals surface area contributed by atoms with Crippen LogP contribution >= 0.6 is 0 Å². The fraction of sp³-hybridized carbons (Fsp3) is 0.308. The molecular formula is C13H14N6O3. The van der Waals surface area contributed by atoms with Crippen LogP contribution in [0.3, 0.4) is 0 Å². The molecule has 1 saturated heterocycles. The van der Waals surface area contributed by atoms with Crippen molar-refractivity contribution < 1.29 is 9.59 Å². The van der Waals surface area contributed by atoms with E-state index >= 15 is 0 Å². The summed E-state index contributed by atoms with van der Waals surface area (Å²) in [6.45, 7) is 0.985. The van der Waals surface area contributed by atoms with E-state index in [2.05, 4.69) is 25.6 Å². The summed E-state index contributed by atoms with van der Waals surface area (Å²) in [5, 5.41) is 6.15. The minimum atomic E-state index is -0.257. The molecule has 0 spiro atoms. The molecule has 3 rings (SSSR count). The van der Waals surface area contributed by atoms with Gasteiger partial charge in [0.05, 0.1) is 13.1 Å². The van der Waals surface area contributed by atoms with Crippen LogP contribution in [0, 0.1) is 0 Å². The maximum absolute atomic E-state index is 12.0. The average Bonchev–Trinajstić information content (AvgIpc) is 2.52. The van der Waals surface area contributed by atoms with Crippen LogP contribution in [-0.2, 0) is 9.59 Å². The highest BCUT2D eigenvalue weighted by Crippen LogP contribution is 2.07. The highest BCUT2D eigenvalue weighted by atomic mass is 16.2. The number of rotatable bonds is 3. The molecule has 2 aromatic rings. The number of amides is 2. The van der Waals surface area contributed by atoms with Gasteiger partial charge in [0, 0.05) is 30.7 Å². The van der Waals surface area contributed by atoms with Gasteiger partial charge in [-0.2, -0.15) is 4.98 Å². The third-order valence-electron chi connectivity index (χ3n) is 3.26. The van der Waals surface area contributed by atoms with Gasteiger partial charge in [-0.25, -0.2) is 4.98 Å². The number of anilines is 1. The number of carbonyl (C=O) groups is 2. The lowest BCUT2D eigenvalue weighted by molar-refractivity contribution is -0.136. The Hall–Kier alpha value is -2.97. The van der Waals surface area contributed by atoms with Gasteiger partial charge in [0.25, 0.3) is 0 Å². The van der Waals surface area contributed by atoms with Crippen LogP contribution in [0.4, 0.5) is 5.95 Å². The van der Waals surface area contributed by atoms with Crippen molar-refractivity contribution in [1.29, 1.82) is 0 Å². The SMILES string of the molecule is O=C1CN(C(=O)CNc2ncc3ccc(=O)[nH]c3n2)CCN1. The third-order valence-corrected chi connectivity index (χ3v) is 3.26. The van der Waals surface area contributed by atoms with Crippen LogP contribution in [0.15, 0.2) is 23.1 Å². The summed E-state index contributed by atoms with van der Waals surface area (Å²) >= 11 is 0. The summed E-state index contributed by atoms with van der Waals surface area (Å²) < 4.78 is 0. The summed E-state index contributed by atoms with van der Waals surface area (Å²) in [6, 6.07) is 3.01. The highest BCUT2D eigenvalue weighted by Gasteiger charge is 2.20. The first-order valence-electron chi connectivity index (χ1n) is 6.76. The van der Waals surface area contributed by atoms with Gasteiger partial charge in [-0.15, -0.1) is 0 Å². The number of H-pyrrole nitrogens is 1. The second-order valence-corrected chi connectivity index (χ2v) is 4.84. The molecule has 9 heteroatoms. The quantitative estimate of drug-likeness (QED) is 0.647. The minimum Gasteiger partial charge on any atom is -0.353 e. The first kappa shape index (κ1) is 14.0. The minimum absolute atomic E-state index is 0.0180. The van der Waals surface area contributed by atoms with Crippen molar-refractivity contribution in [3.8, 4) is 0 Å². The summed E-state index contributed by atoms with van der Waals surface area (Å²) in [7, 11) is 0. The monoisotopic (exact) mass is 302 g/mol. The Balaban J connectivity index is 1.67. The molecule has 0 radical (unpaired) electrons. The predicted molar refractivity (Wildman–Crippen MR) is 78.2 cm³/mol. The van der Waals surface area contributed by atoms with Gasteiger partial charge in [-0.3, -0.25) is 14.4 Å².